The van der Waals surface area contributed by atoms with E-state index in [1.165, 1.54) is 0 Å². The Labute approximate surface area is 133 Å². The monoisotopic (exact) mass is 321 g/mol. The molecule has 0 fully saturated rings. The third-order valence-corrected chi connectivity index (χ3v) is 4.06. The first kappa shape index (κ1) is 15.9. The highest BCUT2D eigenvalue weighted by atomic mass is 35.5. The number of carbonyl (C=O) groups is 1. The lowest BCUT2D eigenvalue weighted by atomic mass is 10.1. The van der Waals surface area contributed by atoms with Crippen LogP contribution in [0.15, 0.2) is 41.6 Å². The fourth-order valence-electron chi connectivity index (χ4n) is 1.81. The Bertz CT molecular complexity index is 629. The van der Waals surface area contributed by atoms with Gasteiger partial charge < -0.3 is 4.74 Å². The highest BCUT2D eigenvalue weighted by molar-refractivity contribution is 7.98. The van der Waals surface area contributed by atoms with E-state index in [1.807, 2.05) is 31.2 Å². The van der Waals surface area contributed by atoms with Crippen LogP contribution in [0.3, 0.4) is 0 Å². The minimum atomic E-state index is 0.0499. The molecule has 1 aromatic heterocycles. The predicted molar refractivity (Wildman–Crippen MR) is 86.4 cm³/mol. The minimum absolute atomic E-state index is 0.0499. The van der Waals surface area contributed by atoms with Gasteiger partial charge in [0.1, 0.15) is 5.75 Å². The van der Waals surface area contributed by atoms with Gasteiger partial charge in [-0.25, -0.2) is 4.98 Å². The molecule has 2 aromatic rings. The number of pyridine rings is 1. The van der Waals surface area contributed by atoms with Gasteiger partial charge in [0.2, 0.25) is 0 Å². The van der Waals surface area contributed by atoms with Crippen molar-refractivity contribution in [2.45, 2.75) is 24.6 Å². The van der Waals surface area contributed by atoms with Crippen LogP contribution in [-0.2, 0) is 5.75 Å². The molecule has 2 rings (SSSR count). The first-order chi connectivity index (χ1) is 10.1. The zero-order valence-electron chi connectivity index (χ0n) is 11.9. The number of ketones is 1. The lowest BCUT2D eigenvalue weighted by Crippen LogP contribution is -1.99. The average molecular weight is 322 g/mol. The topological polar surface area (TPSA) is 39.2 Å². The van der Waals surface area contributed by atoms with Crippen LogP contribution in [0.25, 0.3) is 0 Å². The molecule has 21 heavy (non-hydrogen) atoms. The van der Waals surface area contributed by atoms with Gasteiger partial charge in [-0.2, -0.15) is 0 Å². The summed E-state index contributed by atoms with van der Waals surface area (Å²) in [6.45, 7) is 4.10. The van der Waals surface area contributed by atoms with Gasteiger partial charge in [0.15, 0.2) is 5.78 Å². The van der Waals surface area contributed by atoms with Crippen molar-refractivity contribution in [2.75, 3.05) is 6.61 Å². The fraction of sp³-hybridized carbons (Fsp3) is 0.250. The second kappa shape index (κ2) is 7.48. The first-order valence-corrected chi connectivity index (χ1v) is 7.97. The summed E-state index contributed by atoms with van der Waals surface area (Å²) in [6, 6.07) is 9.22. The lowest BCUT2D eigenvalue weighted by Gasteiger charge is -2.11. The lowest BCUT2D eigenvalue weighted by molar-refractivity contribution is 0.101. The number of aromatic nitrogens is 1. The zero-order valence-corrected chi connectivity index (χ0v) is 13.5. The summed E-state index contributed by atoms with van der Waals surface area (Å²) in [5.41, 5.74) is 1.68. The fourth-order valence-corrected chi connectivity index (χ4v) is 2.74. The van der Waals surface area contributed by atoms with E-state index in [2.05, 4.69) is 4.98 Å². The van der Waals surface area contributed by atoms with Gasteiger partial charge in [0.25, 0.3) is 0 Å². The Hall–Kier alpha value is -1.52. The summed E-state index contributed by atoms with van der Waals surface area (Å²) < 4.78 is 5.61. The van der Waals surface area contributed by atoms with Crippen LogP contribution in [0.5, 0.6) is 5.75 Å². The molecule has 0 saturated heterocycles. The highest BCUT2D eigenvalue weighted by Gasteiger charge is 2.09. The van der Waals surface area contributed by atoms with Crippen molar-refractivity contribution in [3.8, 4) is 5.75 Å². The average Bonchev–Trinajstić information content (AvgIpc) is 2.48. The van der Waals surface area contributed by atoms with Gasteiger partial charge in [0.05, 0.1) is 16.7 Å². The molecule has 0 saturated carbocycles. The SMILES string of the molecule is CCOc1ccc(C(C)=O)cc1CSc1ccc(Cl)cn1. The highest BCUT2D eigenvalue weighted by Crippen LogP contribution is 2.28. The van der Waals surface area contributed by atoms with Gasteiger partial charge in [-0.3, -0.25) is 4.79 Å². The molecule has 0 amide bonds. The van der Waals surface area contributed by atoms with Crippen LogP contribution >= 0.6 is 23.4 Å². The van der Waals surface area contributed by atoms with Gasteiger partial charge in [-0.1, -0.05) is 11.6 Å². The van der Waals surface area contributed by atoms with Crippen molar-refractivity contribution in [2.24, 2.45) is 0 Å². The van der Waals surface area contributed by atoms with Crippen LogP contribution in [0.1, 0.15) is 29.8 Å². The van der Waals surface area contributed by atoms with E-state index in [9.17, 15) is 4.79 Å². The molecule has 3 nitrogen and oxygen atoms in total. The van der Waals surface area contributed by atoms with Gasteiger partial charge in [-0.05, 0) is 44.2 Å². The molecule has 110 valence electrons. The number of benzene rings is 1. The predicted octanol–water partition coefficient (Wildman–Crippen LogP) is 4.63. The minimum Gasteiger partial charge on any atom is -0.494 e. The smallest absolute Gasteiger partial charge is 0.159 e. The van der Waals surface area contributed by atoms with Crippen LogP contribution in [0, 0.1) is 0 Å². The summed E-state index contributed by atoms with van der Waals surface area (Å²) in [6.07, 6.45) is 1.62. The second-order valence-electron chi connectivity index (χ2n) is 4.42. The third-order valence-electron chi connectivity index (χ3n) is 2.84. The quantitative estimate of drug-likeness (QED) is 0.574. The van der Waals surface area contributed by atoms with E-state index in [0.29, 0.717) is 22.9 Å². The van der Waals surface area contributed by atoms with E-state index in [1.54, 1.807) is 30.9 Å². The van der Waals surface area contributed by atoms with Crippen LogP contribution in [0.4, 0.5) is 0 Å². The van der Waals surface area contributed by atoms with Crippen molar-refractivity contribution >= 4 is 29.1 Å². The van der Waals surface area contributed by atoms with E-state index in [0.717, 1.165) is 16.3 Å². The summed E-state index contributed by atoms with van der Waals surface area (Å²) >= 11 is 7.40. The molecule has 0 bridgehead atoms. The van der Waals surface area contributed by atoms with Gasteiger partial charge in [0, 0.05) is 23.1 Å². The van der Waals surface area contributed by atoms with Crippen molar-refractivity contribution < 1.29 is 9.53 Å². The molecule has 1 aromatic carbocycles. The van der Waals surface area contributed by atoms with Crippen LogP contribution < -0.4 is 4.74 Å². The Morgan fingerprint density at radius 2 is 2.14 bits per heavy atom. The normalized spacial score (nSPS) is 10.4. The van der Waals surface area contributed by atoms with Crippen molar-refractivity contribution in [3.63, 3.8) is 0 Å². The van der Waals surface area contributed by atoms with E-state index < -0.39 is 0 Å². The molecule has 0 N–H and O–H groups in total. The Balaban J connectivity index is 2.17. The van der Waals surface area contributed by atoms with Crippen LogP contribution in [-0.4, -0.2) is 17.4 Å². The molecule has 0 aliphatic carbocycles. The molecule has 0 aliphatic rings. The summed E-state index contributed by atoms with van der Waals surface area (Å²) in [7, 11) is 0. The van der Waals surface area contributed by atoms with E-state index in [4.69, 9.17) is 16.3 Å². The maximum atomic E-state index is 11.5. The second-order valence-corrected chi connectivity index (χ2v) is 5.85. The number of Topliss-reactive ketones (excluding diaryl/α,β-unsaturated/α-hetero) is 1. The molecule has 0 atom stereocenters. The maximum absolute atomic E-state index is 11.5. The number of hydrogen-bond donors (Lipinski definition) is 0. The first-order valence-electron chi connectivity index (χ1n) is 6.61. The largest absolute Gasteiger partial charge is 0.494 e. The maximum Gasteiger partial charge on any atom is 0.159 e. The van der Waals surface area contributed by atoms with E-state index >= 15 is 0 Å². The summed E-state index contributed by atoms with van der Waals surface area (Å²) in [5, 5.41) is 1.50. The Morgan fingerprint density at radius 1 is 1.33 bits per heavy atom. The Morgan fingerprint density at radius 3 is 2.76 bits per heavy atom. The van der Waals surface area contributed by atoms with Gasteiger partial charge in [-0.15, -0.1) is 11.8 Å². The number of hydrogen-bond acceptors (Lipinski definition) is 4. The molecule has 0 unspecified atom stereocenters. The third kappa shape index (κ3) is 4.48. The molecule has 5 heteroatoms. The number of thioether (sulfide) groups is 1. The van der Waals surface area contributed by atoms with Crippen molar-refractivity contribution in [1.29, 1.82) is 0 Å². The Kier molecular flexibility index (Phi) is 5.65. The number of halogens is 1. The molecule has 0 spiro atoms. The molecule has 0 radical (unpaired) electrons. The summed E-state index contributed by atoms with van der Waals surface area (Å²) in [4.78, 5) is 15.8. The van der Waals surface area contributed by atoms with Gasteiger partial charge >= 0.3 is 0 Å². The molecule has 1 heterocycles. The summed E-state index contributed by atoms with van der Waals surface area (Å²) in [5.74, 6) is 1.54. The number of nitrogens with zero attached hydrogens (tertiary/aromatic N) is 1. The number of rotatable bonds is 6. The zero-order chi connectivity index (χ0) is 15.2. The molecular weight excluding hydrogens is 306 g/mol. The number of carbonyl (C=O) groups excluding carboxylic acids is 1. The number of ether oxygens (including phenoxy) is 1. The van der Waals surface area contributed by atoms with Crippen LogP contribution in [0.2, 0.25) is 5.02 Å². The van der Waals surface area contributed by atoms with Crippen molar-refractivity contribution in [1.82, 2.24) is 4.98 Å². The van der Waals surface area contributed by atoms with Crippen molar-refractivity contribution in [3.05, 3.63) is 52.7 Å². The standard InChI is InChI=1S/C16H16ClNO2S/c1-3-20-15-6-4-12(11(2)19)8-13(15)10-21-16-7-5-14(17)9-18-16/h4-9H,3,10H2,1-2H3. The molecular formula is C16H16ClNO2S. The molecule has 0 aliphatic heterocycles. The van der Waals surface area contributed by atoms with E-state index in [-0.39, 0.29) is 5.78 Å².